The molecule has 1 aromatic rings. The molecule has 0 bridgehead atoms. The van der Waals surface area contributed by atoms with Gasteiger partial charge in [-0.2, -0.15) is 0 Å². The van der Waals surface area contributed by atoms with E-state index < -0.39 is 6.83 Å². The van der Waals surface area contributed by atoms with Crippen molar-refractivity contribution in [3.05, 3.63) is 35.9 Å². The van der Waals surface area contributed by atoms with Crippen molar-refractivity contribution < 1.29 is 9.32 Å². The van der Waals surface area contributed by atoms with Crippen LogP contribution in [0.5, 0.6) is 0 Å². The van der Waals surface area contributed by atoms with Gasteiger partial charge in [0.05, 0.1) is 0 Å². The summed E-state index contributed by atoms with van der Waals surface area (Å²) in [5.41, 5.74) is 1.03. The number of benzene rings is 1. The van der Waals surface area contributed by atoms with Gasteiger partial charge in [0.1, 0.15) is 0 Å². The summed E-state index contributed by atoms with van der Waals surface area (Å²) in [6.45, 7) is 8.28. The fraction of sp³-hybridized carbons (Fsp3) is 0.500. The topological polar surface area (TPSA) is 26.3 Å². The Morgan fingerprint density at radius 3 is 2.18 bits per heavy atom. The summed E-state index contributed by atoms with van der Waals surface area (Å²) in [5.74, 6) is -0.191. The number of hydrogen-bond donors (Lipinski definition) is 0. The molecule has 1 aromatic carbocycles. The molecule has 0 aliphatic rings. The van der Waals surface area contributed by atoms with E-state index in [4.69, 9.17) is 4.52 Å². The first-order chi connectivity index (χ1) is 7.78. The molecule has 0 fully saturated rings. The van der Waals surface area contributed by atoms with E-state index in [1.807, 2.05) is 18.2 Å². The summed E-state index contributed by atoms with van der Waals surface area (Å²) >= 11 is 0. The first-order valence-electron chi connectivity index (χ1n) is 6.08. The van der Waals surface area contributed by atoms with Gasteiger partial charge in [-0.05, 0) is 0 Å². The Labute approximate surface area is 104 Å². The molecule has 0 amide bonds. The fourth-order valence-electron chi connectivity index (χ4n) is 1.43. The molecule has 17 heavy (non-hydrogen) atoms. The van der Waals surface area contributed by atoms with Crippen molar-refractivity contribution >= 4 is 12.8 Å². The van der Waals surface area contributed by atoms with E-state index in [1.54, 1.807) is 12.1 Å². The van der Waals surface area contributed by atoms with Crippen LogP contribution in [0.4, 0.5) is 0 Å². The maximum atomic E-state index is 12.1. The van der Waals surface area contributed by atoms with E-state index in [9.17, 15) is 4.79 Å². The van der Waals surface area contributed by atoms with Crippen LogP contribution in [-0.2, 0) is 4.52 Å². The molecule has 3 heteroatoms. The van der Waals surface area contributed by atoms with Gasteiger partial charge in [0.2, 0.25) is 0 Å². The molecule has 0 saturated heterocycles. The van der Waals surface area contributed by atoms with E-state index in [0.717, 1.165) is 6.16 Å². The first-order valence-corrected chi connectivity index (χ1v) is 9.39. The third-order valence-electron chi connectivity index (χ3n) is 3.95. The second-order valence-electron chi connectivity index (χ2n) is 5.53. The van der Waals surface area contributed by atoms with Gasteiger partial charge in [0.15, 0.2) is 0 Å². The van der Waals surface area contributed by atoms with Crippen LogP contribution in [0.15, 0.2) is 30.3 Å². The van der Waals surface area contributed by atoms with Crippen molar-refractivity contribution in [2.75, 3.05) is 19.5 Å². The summed E-state index contributed by atoms with van der Waals surface area (Å²) in [7, 11) is 0. The second kappa shape index (κ2) is 4.78. The van der Waals surface area contributed by atoms with Gasteiger partial charge in [-0.25, -0.2) is 0 Å². The van der Waals surface area contributed by atoms with Gasteiger partial charge < -0.3 is 0 Å². The standard InChI is InChI=1S/C14H23O2P/c1-6-17(4,5,12(2)3)16-14(15)13-10-8-7-9-11-13/h7-12H,6H2,1-5H3. The van der Waals surface area contributed by atoms with Crippen molar-refractivity contribution in [3.8, 4) is 0 Å². The van der Waals surface area contributed by atoms with E-state index in [1.165, 1.54) is 0 Å². The molecule has 0 atom stereocenters. The van der Waals surface area contributed by atoms with Crippen LogP contribution < -0.4 is 0 Å². The molecule has 0 spiro atoms. The Balaban J connectivity index is 2.95. The molecule has 0 radical (unpaired) electrons. The molecule has 0 N–H and O–H groups in total. The Hall–Kier alpha value is -0.880. The SMILES string of the molecule is CCP(C)(C)(OC(=O)c1ccccc1)C(C)C. The van der Waals surface area contributed by atoms with Crippen LogP contribution in [0.3, 0.4) is 0 Å². The fourth-order valence-corrected chi connectivity index (χ4v) is 3.15. The summed E-state index contributed by atoms with van der Waals surface area (Å²) in [6, 6.07) is 9.22. The van der Waals surface area contributed by atoms with Gasteiger partial charge in [0.25, 0.3) is 0 Å². The Bertz CT molecular complexity index is 396. The van der Waals surface area contributed by atoms with Gasteiger partial charge in [-0.3, -0.25) is 0 Å². The monoisotopic (exact) mass is 254 g/mol. The number of hydrogen-bond acceptors (Lipinski definition) is 2. The van der Waals surface area contributed by atoms with Gasteiger partial charge in [-0.15, -0.1) is 0 Å². The van der Waals surface area contributed by atoms with Crippen molar-refractivity contribution in [3.63, 3.8) is 0 Å². The van der Waals surface area contributed by atoms with Crippen LogP contribution in [0, 0.1) is 0 Å². The van der Waals surface area contributed by atoms with Crippen LogP contribution in [0.1, 0.15) is 31.1 Å². The molecule has 0 unspecified atom stereocenters. The molecule has 0 aliphatic carbocycles. The molecule has 0 aliphatic heterocycles. The number of carbonyl (C=O) groups excluding carboxylic acids is 1. The van der Waals surface area contributed by atoms with E-state index in [-0.39, 0.29) is 5.97 Å². The molecule has 1 rings (SSSR count). The predicted molar refractivity (Wildman–Crippen MR) is 76.3 cm³/mol. The minimum absolute atomic E-state index is 0.191. The average molecular weight is 254 g/mol. The van der Waals surface area contributed by atoms with Crippen LogP contribution in [-0.4, -0.2) is 31.1 Å². The second-order valence-corrected chi connectivity index (χ2v) is 12.1. The molecule has 0 aromatic heterocycles. The molecular weight excluding hydrogens is 231 g/mol. The summed E-state index contributed by atoms with van der Waals surface area (Å²) < 4.78 is 5.91. The van der Waals surface area contributed by atoms with Crippen LogP contribution in [0.25, 0.3) is 0 Å². The summed E-state index contributed by atoms with van der Waals surface area (Å²) in [5, 5.41) is 0. The molecule has 0 heterocycles. The zero-order chi connectivity index (χ0) is 13.1. The molecule has 96 valence electrons. The van der Waals surface area contributed by atoms with Crippen molar-refractivity contribution in [2.24, 2.45) is 0 Å². The van der Waals surface area contributed by atoms with Crippen LogP contribution in [0.2, 0.25) is 0 Å². The van der Waals surface area contributed by atoms with Gasteiger partial charge in [0, 0.05) is 0 Å². The van der Waals surface area contributed by atoms with E-state index in [2.05, 4.69) is 34.1 Å². The molecule has 0 saturated carbocycles. The Kier molecular flexibility index (Phi) is 3.99. The maximum absolute atomic E-state index is 12.1. The normalized spacial score (nSPS) is 14.1. The summed E-state index contributed by atoms with van der Waals surface area (Å²) in [4.78, 5) is 12.1. The third kappa shape index (κ3) is 3.07. The Morgan fingerprint density at radius 2 is 1.76 bits per heavy atom. The van der Waals surface area contributed by atoms with Crippen molar-refractivity contribution in [1.29, 1.82) is 0 Å². The van der Waals surface area contributed by atoms with Gasteiger partial charge >= 0.3 is 104 Å². The zero-order valence-corrected chi connectivity index (χ0v) is 12.3. The van der Waals surface area contributed by atoms with Gasteiger partial charge in [-0.1, -0.05) is 0 Å². The van der Waals surface area contributed by atoms with Crippen LogP contribution >= 0.6 is 6.83 Å². The van der Waals surface area contributed by atoms with Crippen molar-refractivity contribution in [2.45, 2.75) is 26.4 Å². The third-order valence-corrected chi connectivity index (χ3v) is 9.82. The quantitative estimate of drug-likeness (QED) is 0.759. The first kappa shape index (κ1) is 14.2. The van der Waals surface area contributed by atoms with E-state index in [0.29, 0.717) is 11.2 Å². The minimum atomic E-state index is -2.37. The molecular formula is C14H23O2P. The van der Waals surface area contributed by atoms with Crippen molar-refractivity contribution in [1.82, 2.24) is 0 Å². The number of rotatable bonds is 4. The van der Waals surface area contributed by atoms with E-state index >= 15 is 0 Å². The summed E-state index contributed by atoms with van der Waals surface area (Å²) in [6.07, 6.45) is 0.918. The number of carbonyl (C=O) groups is 1. The molecule has 2 nitrogen and oxygen atoms in total. The Morgan fingerprint density at radius 1 is 1.24 bits per heavy atom. The average Bonchev–Trinajstić information content (AvgIpc) is 2.30. The zero-order valence-electron chi connectivity index (χ0n) is 11.4. The predicted octanol–water partition coefficient (Wildman–Crippen LogP) is 4.00.